The number of sulfonamides is 1. The summed E-state index contributed by atoms with van der Waals surface area (Å²) in [6.45, 7) is 5.10. The van der Waals surface area contributed by atoms with Gasteiger partial charge in [-0.1, -0.05) is 20.8 Å². The molecule has 1 atom stereocenters. The van der Waals surface area contributed by atoms with Gasteiger partial charge in [0.25, 0.3) is 0 Å². The summed E-state index contributed by atoms with van der Waals surface area (Å²) in [6, 6.07) is -1.07. The Bertz CT molecular complexity index is 365. The van der Waals surface area contributed by atoms with Gasteiger partial charge in [0.1, 0.15) is 6.04 Å². The molecule has 16 heavy (non-hydrogen) atoms. The average Bonchev–Trinajstić information content (AvgIpc) is 2.80. The van der Waals surface area contributed by atoms with Crippen molar-refractivity contribution in [3.8, 4) is 0 Å². The number of hydrogen-bond donors (Lipinski definition) is 2. The molecule has 0 heterocycles. The normalized spacial score (nSPS) is 19.4. The van der Waals surface area contributed by atoms with Gasteiger partial charge >= 0.3 is 5.97 Å². The Kier molecular flexibility index (Phi) is 3.64. The van der Waals surface area contributed by atoms with Crippen molar-refractivity contribution in [2.24, 2.45) is 11.3 Å². The summed E-state index contributed by atoms with van der Waals surface area (Å²) in [5.41, 5.74) is -0.636. The number of aliphatic carboxylic acids is 1. The predicted octanol–water partition coefficient (Wildman–Crippen LogP) is 0.815. The molecule has 0 aromatic carbocycles. The molecule has 0 aromatic rings. The number of rotatable bonds is 5. The fraction of sp³-hybridized carbons (Fsp3) is 0.900. The summed E-state index contributed by atoms with van der Waals surface area (Å²) >= 11 is 0. The van der Waals surface area contributed by atoms with Crippen molar-refractivity contribution in [1.82, 2.24) is 4.72 Å². The van der Waals surface area contributed by atoms with Crippen LogP contribution in [0.1, 0.15) is 33.6 Å². The molecule has 2 N–H and O–H groups in total. The first-order valence-corrected chi connectivity index (χ1v) is 7.00. The van der Waals surface area contributed by atoms with Crippen LogP contribution in [-0.2, 0) is 14.8 Å². The van der Waals surface area contributed by atoms with Gasteiger partial charge in [0.2, 0.25) is 10.0 Å². The minimum Gasteiger partial charge on any atom is -0.480 e. The average molecular weight is 249 g/mol. The maximum Gasteiger partial charge on any atom is 0.322 e. The van der Waals surface area contributed by atoms with Crippen molar-refractivity contribution in [1.29, 1.82) is 0 Å². The Balaban J connectivity index is 2.70. The molecule has 1 rings (SSSR count). The second-order valence-corrected chi connectivity index (χ2v) is 7.28. The molecule has 1 saturated carbocycles. The highest BCUT2D eigenvalue weighted by Gasteiger charge is 2.36. The van der Waals surface area contributed by atoms with Crippen molar-refractivity contribution < 1.29 is 18.3 Å². The molecule has 1 unspecified atom stereocenters. The van der Waals surface area contributed by atoms with Crippen molar-refractivity contribution in [2.45, 2.75) is 39.7 Å². The number of hydrogen-bond acceptors (Lipinski definition) is 3. The molecule has 1 aliphatic carbocycles. The standard InChI is InChI=1S/C10H19NO4S/c1-10(2,3)8(9(12)13)11-16(14,15)6-7-4-5-7/h7-8,11H,4-6H2,1-3H3,(H,12,13). The van der Waals surface area contributed by atoms with Crippen LogP contribution in [0.4, 0.5) is 0 Å². The molecule has 94 valence electrons. The van der Waals surface area contributed by atoms with Crippen LogP contribution in [0.5, 0.6) is 0 Å². The maximum absolute atomic E-state index is 11.7. The van der Waals surface area contributed by atoms with E-state index in [0.717, 1.165) is 12.8 Å². The van der Waals surface area contributed by atoms with Crippen LogP contribution >= 0.6 is 0 Å². The van der Waals surface area contributed by atoms with Gasteiger partial charge < -0.3 is 5.11 Å². The van der Waals surface area contributed by atoms with Crippen molar-refractivity contribution >= 4 is 16.0 Å². The highest BCUT2D eigenvalue weighted by molar-refractivity contribution is 7.89. The number of carbonyl (C=O) groups is 1. The third-order valence-corrected chi connectivity index (χ3v) is 4.07. The smallest absolute Gasteiger partial charge is 0.322 e. The van der Waals surface area contributed by atoms with Crippen LogP contribution in [-0.4, -0.2) is 31.3 Å². The van der Waals surface area contributed by atoms with Gasteiger partial charge in [-0.15, -0.1) is 0 Å². The van der Waals surface area contributed by atoms with Crippen molar-refractivity contribution in [2.75, 3.05) is 5.75 Å². The minimum absolute atomic E-state index is 0.0485. The third-order valence-electron chi connectivity index (χ3n) is 2.56. The summed E-state index contributed by atoms with van der Waals surface area (Å²) in [5, 5.41) is 9.00. The Morgan fingerprint density at radius 3 is 2.25 bits per heavy atom. The second kappa shape index (κ2) is 4.33. The fourth-order valence-corrected chi connectivity index (χ4v) is 3.28. The number of carboxylic acids is 1. The molecule has 0 amide bonds. The van der Waals surface area contributed by atoms with E-state index in [2.05, 4.69) is 4.72 Å². The van der Waals surface area contributed by atoms with E-state index in [0.29, 0.717) is 0 Å². The lowest BCUT2D eigenvalue weighted by Gasteiger charge is -2.27. The lowest BCUT2D eigenvalue weighted by Crippen LogP contribution is -2.49. The lowest BCUT2D eigenvalue weighted by molar-refractivity contribution is -0.141. The second-order valence-electron chi connectivity index (χ2n) is 5.48. The molecule has 6 heteroatoms. The minimum atomic E-state index is -3.48. The Morgan fingerprint density at radius 2 is 1.94 bits per heavy atom. The van der Waals surface area contributed by atoms with Gasteiger partial charge in [-0.3, -0.25) is 4.79 Å². The summed E-state index contributed by atoms with van der Waals surface area (Å²) < 4.78 is 25.6. The Morgan fingerprint density at radius 1 is 1.44 bits per heavy atom. The molecule has 1 fully saturated rings. The predicted molar refractivity (Wildman–Crippen MR) is 60.5 cm³/mol. The molecule has 0 spiro atoms. The molecular formula is C10H19NO4S. The molecule has 5 nitrogen and oxygen atoms in total. The Labute approximate surface area is 96.3 Å². The molecule has 0 radical (unpaired) electrons. The number of nitrogens with one attached hydrogen (secondary N) is 1. The van der Waals surface area contributed by atoms with Crippen molar-refractivity contribution in [3.05, 3.63) is 0 Å². The third kappa shape index (κ3) is 4.09. The Hall–Kier alpha value is -0.620. The first kappa shape index (κ1) is 13.4. The molecule has 1 aliphatic rings. The van der Waals surface area contributed by atoms with Crippen LogP contribution in [0.2, 0.25) is 0 Å². The quantitative estimate of drug-likeness (QED) is 0.755. The van der Waals surface area contributed by atoms with Crippen molar-refractivity contribution in [3.63, 3.8) is 0 Å². The largest absolute Gasteiger partial charge is 0.480 e. The van der Waals surface area contributed by atoms with Crippen LogP contribution in [0, 0.1) is 11.3 Å². The SMILES string of the molecule is CC(C)(C)C(NS(=O)(=O)CC1CC1)C(=O)O. The summed E-state index contributed by atoms with van der Waals surface area (Å²) in [7, 11) is -3.48. The topological polar surface area (TPSA) is 83.5 Å². The van der Waals surface area contributed by atoms with Crippen LogP contribution in [0.3, 0.4) is 0 Å². The van der Waals surface area contributed by atoms with E-state index in [1.807, 2.05) is 0 Å². The first-order valence-electron chi connectivity index (χ1n) is 5.34. The zero-order valence-corrected chi connectivity index (χ0v) is 10.7. The summed E-state index contributed by atoms with van der Waals surface area (Å²) in [6.07, 6.45) is 1.85. The van der Waals surface area contributed by atoms with E-state index in [4.69, 9.17) is 5.11 Å². The first-order chi connectivity index (χ1) is 7.12. The summed E-state index contributed by atoms with van der Waals surface area (Å²) in [5.74, 6) is -0.869. The highest BCUT2D eigenvalue weighted by atomic mass is 32.2. The maximum atomic E-state index is 11.7. The summed E-state index contributed by atoms with van der Waals surface area (Å²) in [4.78, 5) is 11.0. The zero-order chi connectivity index (χ0) is 12.6. The molecule has 0 aliphatic heterocycles. The number of carboxylic acid groups (broad SMARTS) is 1. The van der Waals surface area contributed by atoms with E-state index in [9.17, 15) is 13.2 Å². The monoisotopic (exact) mass is 249 g/mol. The highest BCUT2D eigenvalue weighted by Crippen LogP contribution is 2.30. The van der Waals surface area contributed by atoms with Crippen LogP contribution < -0.4 is 4.72 Å². The van der Waals surface area contributed by atoms with Gasteiger partial charge in [-0.25, -0.2) is 13.1 Å². The van der Waals surface area contributed by atoms with E-state index in [-0.39, 0.29) is 11.7 Å². The van der Waals surface area contributed by atoms with Gasteiger partial charge in [0.05, 0.1) is 5.75 Å². The lowest BCUT2D eigenvalue weighted by atomic mass is 9.88. The van der Waals surface area contributed by atoms with Crippen LogP contribution in [0.15, 0.2) is 0 Å². The van der Waals surface area contributed by atoms with Crippen LogP contribution in [0.25, 0.3) is 0 Å². The molecular weight excluding hydrogens is 230 g/mol. The van der Waals surface area contributed by atoms with Gasteiger partial charge in [-0.05, 0) is 24.2 Å². The van der Waals surface area contributed by atoms with E-state index < -0.39 is 27.4 Å². The van der Waals surface area contributed by atoms with E-state index in [1.165, 1.54) is 0 Å². The fourth-order valence-electron chi connectivity index (χ4n) is 1.42. The molecule has 0 saturated heterocycles. The molecule has 0 aromatic heterocycles. The van der Waals surface area contributed by atoms with E-state index in [1.54, 1.807) is 20.8 Å². The van der Waals surface area contributed by atoms with Gasteiger partial charge in [0, 0.05) is 0 Å². The zero-order valence-electron chi connectivity index (χ0n) is 9.86. The van der Waals surface area contributed by atoms with E-state index >= 15 is 0 Å². The molecule has 0 bridgehead atoms. The van der Waals surface area contributed by atoms with Gasteiger partial charge in [0.15, 0.2) is 0 Å². The van der Waals surface area contributed by atoms with Gasteiger partial charge in [-0.2, -0.15) is 0 Å².